The molecule has 2 aliphatic rings. The van der Waals surface area contributed by atoms with Crippen LogP contribution in [0.3, 0.4) is 0 Å². The van der Waals surface area contributed by atoms with E-state index in [2.05, 4.69) is 109 Å². The van der Waals surface area contributed by atoms with Crippen LogP contribution in [0.25, 0.3) is 0 Å². The number of hydrogen-bond donors (Lipinski definition) is 0. The van der Waals surface area contributed by atoms with Gasteiger partial charge in [-0.15, -0.1) is 11.8 Å². The molecule has 0 spiro atoms. The molecule has 0 aromatic heterocycles. The molecule has 0 atom stereocenters. The molecule has 0 fully saturated rings. The first-order chi connectivity index (χ1) is 15.4. The highest BCUT2D eigenvalue weighted by Gasteiger charge is 2.31. The SMILES string of the molecule is c1ccc2c(c1)CCc1ccccc1C2SC1c2ccccc2CCc2ccccc21. The van der Waals surface area contributed by atoms with Crippen molar-refractivity contribution in [3.63, 3.8) is 0 Å². The van der Waals surface area contributed by atoms with Crippen molar-refractivity contribution < 1.29 is 0 Å². The fourth-order valence-electron chi connectivity index (χ4n) is 5.37. The maximum Gasteiger partial charge on any atom is 0.0561 e. The highest BCUT2D eigenvalue weighted by atomic mass is 32.2. The second-order valence-corrected chi connectivity index (χ2v) is 9.91. The predicted octanol–water partition coefficient (Wildman–Crippen LogP) is 7.50. The van der Waals surface area contributed by atoms with Gasteiger partial charge >= 0.3 is 0 Å². The molecule has 0 bridgehead atoms. The Morgan fingerprint density at radius 1 is 0.387 bits per heavy atom. The van der Waals surface area contributed by atoms with Gasteiger partial charge in [0, 0.05) is 0 Å². The fraction of sp³-hybridized carbons (Fsp3) is 0.200. The second-order valence-electron chi connectivity index (χ2n) is 8.69. The predicted molar refractivity (Wildman–Crippen MR) is 132 cm³/mol. The van der Waals surface area contributed by atoms with Crippen molar-refractivity contribution in [2.24, 2.45) is 0 Å². The Morgan fingerprint density at radius 3 is 0.935 bits per heavy atom. The van der Waals surface area contributed by atoms with Gasteiger partial charge in [-0.05, 0) is 70.2 Å². The summed E-state index contributed by atoms with van der Waals surface area (Å²) < 4.78 is 0. The first kappa shape index (κ1) is 19.0. The first-order valence-corrected chi connectivity index (χ1v) is 12.3. The van der Waals surface area contributed by atoms with Crippen LogP contribution in [-0.2, 0) is 25.7 Å². The summed E-state index contributed by atoms with van der Waals surface area (Å²) in [5.74, 6) is 0. The average Bonchev–Trinajstić information content (AvgIpc) is 3.09. The molecule has 0 saturated heterocycles. The maximum atomic E-state index is 2.36. The Hall–Kier alpha value is -2.77. The molecule has 2 aliphatic carbocycles. The molecule has 31 heavy (non-hydrogen) atoms. The van der Waals surface area contributed by atoms with Gasteiger partial charge in [0.15, 0.2) is 0 Å². The zero-order chi connectivity index (χ0) is 20.6. The summed E-state index contributed by atoms with van der Waals surface area (Å²) >= 11 is 2.14. The van der Waals surface area contributed by atoms with Crippen molar-refractivity contribution in [2.45, 2.75) is 36.2 Å². The van der Waals surface area contributed by atoms with Crippen LogP contribution in [0, 0.1) is 0 Å². The van der Waals surface area contributed by atoms with Crippen LogP contribution in [-0.4, -0.2) is 0 Å². The number of aryl methyl sites for hydroxylation is 4. The zero-order valence-corrected chi connectivity index (χ0v) is 18.4. The first-order valence-electron chi connectivity index (χ1n) is 11.3. The summed E-state index contributed by atoms with van der Waals surface area (Å²) in [6.07, 6.45) is 4.51. The zero-order valence-electron chi connectivity index (χ0n) is 17.6. The third-order valence-corrected chi connectivity index (χ3v) is 8.51. The van der Waals surface area contributed by atoms with Gasteiger partial charge in [-0.3, -0.25) is 0 Å². The Labute approximate surface area is 189 Å². The van der Waals surface area contributed by atoms with Gasteiger partial charge in [0.25, 0.3) is 0 Å². The molecule has 152 valence electrons. The molecule has 0 saturated carbocycles. The topological polar surface area (TPSA) is 0 Å². The van der Waals surface area contributed by atoms with E-state index in [4.69, 9.17) is 0 Å². The minimum absolute atomic E-state index is 0.346. The van der Waals surface area contributed by atoms with E-state index in [-0.39, 0.29) is 0 Å². The van der Waals surface area contributed by atoms with Crippen LogP contribution in [0.4, 0.5) is 0 Å². The van der Waals surface area contributed by atoms with Crippen molar-refractivity contribution in [1.82, 2.24) is 0 Å². The van der Waals surface area contributed by atoms with Crippen LogP contribution in [0.15, 0.2) is 97.1 Å². The Kier molecular flexibility index (Phi) is 4.92. The molecule has 0 unspecified atom stereocenters. The molecule has 4 aromatic carbocycles. The van der Waals surface area contributed by atoms with Crippen molar-refractivity contribution in [3.8, 4) is 0 Å². The minimum atomic E-state index is 0.346. The largest absolute Gasteiger partial charge is 0.136 e. The van der Waals surface area contributed by atoms with Crippen LogP contribution < -0.4 is 0 Å². The molecule has 0 N–H and O–H groups in total. The van der Waals surface area contributed by atoms with Crippen LogP contribution >= 0.6 is 11.8 Å². The van der Waals surface area contributed by atoms with Crippen molar-refractivity contribution in [3.05, 3.63) is 142 Å². The van der Waals surface area contributed by atoms with E-state index in [1.54, 1.807) is 0 Å². The summed E-state index contributed by atoms with van der Waals surface area (Å²) in [6.45, 7) is 0. The van der Waals surface area contributed by atoms with Gasteiger partial charge < -0.3 is 0 Å². The Balaban J connectivity index is 1.53. The van der Waals surface area contributed by atoms with E-state index in [9.17, 15) is 0 Å². The standard InChI is InChI=1S/C30H26S/c1-5-13-25-21(9-1)17-18-22-10-2-6-14-26(22)29(25)31-30-27-15-7-3-11-23(27)19-20-24-12-4-8-16-28(24)30/h1-16,29-30H,17-20H2. The summed E-state index contributed by atoms with van der Waals surface area (Å²) in [5.41, 5.74) is 12.0. The van der Waals surface area contributed by atoms with E-state index >= 15 is 0 Å². The molecule has 0 heterocycles. The van der Waals surface area contributed by atoms with E-state index in [1.807, 2.05) is 0 Å². The molecular weight excluding hydrogens is 392 g/mol. The lowest BCUT2D eigenvalue weighted by Crippen LogP contribution is -2.07. The molecule has 0 nitrogen and oxygen atoms in total. The Bertz CT molecular complexity index is 1050. The van der Waals surface area contributed by atoms with Crippen LogP contribution in [0.1, 0.15) is 55.0 Å². The van der Waals surface area contributed by atoms with Gasteiger partial charge in [0.2, 0.25) is 0 Å². The third-order valence-electron chi connectivity index (χ3n) is 6.95. The highest BCUT2D eigenvalue weighted by molar-refractivity contribution is 8.00. The summed E-state index contributed by atoms with van der Waals surface area (Å²) in [6, 6.07) is 36.5. The van der Waals surface area contributed by atoms with Crippen molar-refractivity contribution >= 4 is 11.8 Å². The van der Waals surface area contributed by atoms with Crippen molar-refractivity contribution in [1.29, 1.82) is 0 Å². The molecule has 6 rings (SSSR count). The van der Waals surface area contributed by atoms with Crippen molar-refractivity contribution in [2.75, 3.05) is 0 Å². The number of benzene rings is 4. The van der Waals surface area contributed by atoms with Crippen LogP contribution in [0.2, 0.25) is 0 Å². The number of fused-ring (bicyclic) bond motifs is 4. The van der Waals surface area contributed by atoms with Gasteiger partial charge in [-0.25, -0.2) is 0 Å². The number of hydrogen-bond acceptors (Lipinski definition) is 1. The molecule has 0 aliphatic heterocycles. The van der Waals surface area contributed by atoms with E-state index in [0.29, 0.717) is 10.5 Å². The summed E-state index contributed by atoms with van der Waals surface area (Å²) in [4.78, 5) is 0. The van der Waals surface area contributed by atoms with Crippen LogP contribution in [0.5, 0.6) is 0 Å². The van der Waals surface area contributed by atoms with E-state index < -0.39 is 0 Å². The lowest BCUT2D eigenvalue weighted by molar-refractivity contribution is 0.965. The molecule has 1 heteroatoms. The fourth-order valence-corrected chi connectivity index (χ4v) is 7.15. The average molecular weight is 419 g/mol. The van der Waals surface area contributed by atoms with Gasteiger partial charge in [-0.2, -0.15) is 0 Å². The third kappa shape index (κ3) is 3.42. The Morgan fingerprint density at radius 2 is 0.645 bits per heavy atom. The minimum Gasteiger partial charge on any atom is -0.136 e. The molecule has 0 radical (unpaired) electrons. The quantitative estimate of drug-likeness (QED) is 0.325. The number of rotatable bonds is 2. The highest BCUT2D eigenvalue weighted by Crippen LogP contribution is 2.52. The smallest absolute Gasteiger partial charge is 0.0561 e. The van der Waals surface area contributed by atoms with Gasteiger partial charge in [-0.1, -0.05) is 97.1 Å². The molecular formula is C30H26S. The lowest BCUT2D eigenvalue weighted by Gasteiger charge is -2.27. The monoisotopic (exact) mass is 418 g/mol. The second kappa shape index (κ2) is 8.05. The number of thioether (sulfide) groups is 1. The van der Waals surface area contributed by atoms with E-state index in [1.165, 1.54) is 44.5 Å². The van der Waals surface area contributed by atoms with Gasteiger partial charge in [0.05, 0.1) is 10.5 Å². The molecule has 4 aromatic rings. The van der Waals surface area contributed by atoms with Gasteiger partial charge in [0.1, 0.15) is 0 Å². The van der Waals surface area contributed by atoms with E-state index in [0.717, 1.165) is 25.7 Å². The maximum absolute atomic E-state index is 2.36. The normalized spacial score (nSPS) is 15.7. The summed E-state index contributed by atoms with van der Waals surface area (Å²) in [7, 11) is 0. The summed E-state index contributed by atoms with van der Waals surface area (Å²) in [5, 5.41) is 0.693. The lowest BCUT2D eigenvalue weighted by atomic mass is 9.99. The molecule has 0 amide bonds.